The summed E-state index contributed by atoms with van der Waals surface area (Å²) < 4.78 is 1.68. The average molecular weight is 404 g/mol. The third-order valence-electron chi connectivity index (χ3n) is 4.59. The Morgan fingerprint density at radius 3 is 2.69 bits per heavy atom. The van der Waals surface area contributed by atoms with E-state index in [0.29, 0.717) is 24.0 Å². The van der Waals surface area contributed by atoms with Crippen molar-refractivity contribution >= 4 is 17.2 Å². The molecular formula is C22H21N5OS. The van der Waals surface area contributed by atoms with E-state index in [9.17, 15) is 4.79 Å². The third-order valence-corrected chi connectivity index (χ3v) is 5.48. The zero-order chi connectivity index (χ0) is 20.2. The predicted octanol–water partition coefficient (Wildman–Crippen LogP) is 4.44. The Morgan fingerprint density at radius 1 is 1.14 bits per heavy atom. The Bertz CT molecular complexity index is 1100. The number of carbonyl (C=O) groups excluding carboxylic acids is 1. The minimum atomic E-state index is -0.207. The lowest BCUT2D eigenvalue weighted by Crippen LogP contribution is -2.24. The predicted molar refractivity (Wildman–Crippen MR) is 114 cm³/mol. The summed E-state index contributed by atoms with van der Waals surface area (Å²) in [4.78, 5) is 21.5. The highest BCUT2D eigenvalue weighted by Gasteiger charge is 2.13. The van der Waals surface area contributed by atoms with Crippen LogP contribution in [0.5, 0.6) is 0 Å². The lowest BCUT2D eigenvalue weighted by molar-refractivity contribution is 0.0946. The standard InChI is InChI=1S/C22H21N5OS/c1-15(2)16-6-8-17(9-7-16)22-26-19(14-29-22)21(28)24-13-18-5-3-10-23-20(18)27-12-4-11-25-27/h3-12,14-15H,13H2,1-2H3,(H,24,28). The number of amides is 1. The molecule has 0 aliphatic heterocycles. The maximum absolute atomic E-state index is 12.6. The summed E-state index contributed by atoms with van der Waals surface area (Å²) in [5, 5.41) is 9.78. The van der Waals surface area contributed by atoms with Crippen molar-refractivity contribution in [3.8, 4) is 16.4 Å². The molecule has 0 saturated heterocycles. The van der Waals surface area contributed by atoms with Crippen LogP contribution in [0.4, 0.5) is 0 Å². The summed E-state index contributed by atoms with van der Waals surface area (Å²) in [6.45, 7) is 4.68. The third kappa shape index (κ3) is 4.25. The summed E-state index contributed by atoms with van der Waals surface area (Å²) in [6, 6.07) is 13.9. The average Bonchev–Trinajstić information content (AvgIpc) is 3.44. The normalized spacial score (nSPS) is 11.0. The highest BCUT2D eigenvalue weighted by molar-refractivity contribution is 7.13. The molecule has 1 N–H and O–H groups in total. The van der Waals surface area contributed by atoms with Gasteiger partial charge in [0.05, 0.1) is 0 Å². The van der Waals surface area contributed by atoms with Gasteiger partial charge in [-0.05, 0) is 23.6 Å². The molecule has 0 unspecified atom stereocenters. The molecular weight excluding hydrogens is 382 g/mol. The van der Waals surface area contributed by atoms with Crippen molar-refractivity contribution < 1.29 is 4.79 Å². The van der Waals surface area contributed by atoms with Gasteiger partial charge in [-0.2, -0.15) is 5.10 Å². The molecule has 0 atom stereocenters. The molecule has 6 nitrogen and oxygen atoms in total. The van der Waals surface area contributed by atoms with Crippen LogP contribution in [0.1, 0.15) is 41.4 Å². The van der Waals surface area contributed by atoms with E-state index in [0.717, 1.165) is 16.1 Å². The molecule has 3 heterocycles. The van der Waals surface area contributed by atoms with Gasteiger partial charge in [-0.3, -0.25) is 4.79 Å². The summed E-state index contributed by atoms with van der Waals surface area (Å²) in [6.07, 6.45) is 5.23. The second-order valence-corrected chi connectivity index (χ2v) is 7.79. The quantitative estimate of drug-likeness (QED) is 0.516. The monoisotopic (exact) mass is 403 g/mol. The Kier molecular flexibility index (Phi) is 5.48. The first-order valence-corrected chi connectivity index (χ1v) is 10.3. The Morgan fingerprint density at radius 2 is 1.97 bits per heavy atom. The number of pyridine rings is 1. The van der Waals surface area contributed by atoms with Gasteiger partial charge in [-0.15, -0.1) is 11.3 Å². The van der Waals surface area contributed by atoms with E-state index >= 15 is 0 Å². The molecule has 0 aliphatic carbocycles. The highest BCUT2D eigenvalue weighted by Crippen LogP contribution is 2.25. The number of aromatic nitrogens is 4. The van der Waals surface area contributed by atoms with E-state index in [4.69, 9.17) is 0 Å². The molecule has 0 aliphatic rings. The molecule has 1 aromatic carbocycles. The van der Waals surface area contributed by atoms with Gasteiger partial charge in [-0.25, -0.2) is 14.6 Å². The van der Waals surface area contributed by atoms with Gasteiger partial charge < -0.3 is 5.32 Å². The number of hydrogen-bond acceptors (Lipinski definition) is 5. The lowest BCUT2D eigenvalue weighted by atomic mass is 10.0. The number of rotatable bonds is 6. The van der Waals surface area contributed by atoms with Gasteiger partial charge in [0.25, 0.3) is 5.91 Å². The summed E-state index contributed by atoms with van der Waals surface area (Å²) >= 11 is 1.47. The van der Waals surface area contributed by atoms with E-state index in [-0.39, 0.29) is 5.91 Å². The van der Waals surface area contributed by atoms with Crippen LogP contribution in [0.25, 0.3) is 16.4 Å². The topological polar surface area (TPSA) is 72.7 Å². The summed E-state index contributed by atoms with van der Waals surface area (Å²) in [5.41, 5.74) is 3.60. The van der Waals surface area contributed by atoms with Gasteiger partial charge in [0.1, 0.15) is 10.7 Å². The fourth-order valence-electron chi connectivity index (χ4n) is 2.96. The zero-order valence-corrected chi connectivity index (χ0v) is 17.1. The number of nitrogens with one attached hydrogen (secondary N) is 1. The largest absolute Gasteiger partial charge is 0.346 e. The molecule has 0 saturated carbocycles. The Labute approximate surface area is 173 Å². The number of hydrogen-bond donors (Lipinski definition) is 1. The van der Waals surface area contributed by atoms with E-state index < -0.39 is 0 Å². The molecule has 0 fully saturated rings. The van der Waals surface area contributed by atoms with Crippen LogP contribution in [-0.4, -0.2) is 25.7 Å². The highest BCUT2D eigenvalue weighted by atomic mass is 32.1. The maximum Gasteiger partial charge on any atom is 0.271 e. The second-order valence-electron chi connectivity index (χ2n) is 6.93. The van der Waals surface area contributed by atoms with Gasteiger partial charge in [0.15, 0.2) is 5.82 Å². The van der Waals surface area contributed by atoms with Crippen molar-refractivity contribution in [3.63, 3.8) is 0 Å². The Hall–Kier alpha value is -3.32. The van der Waals surface area contributed by atoms with Crippen LogP contribution in [0.3, 0.4) is 0 Å². The molecule has 0 spiro atoms. The maximum atomic E-state index is 12.6. The van der Waals surface area contributed by atoms with Crippen molar-refractivity contribution in [1.29, 1.82) is 0 Å². The van der Waals surface area contributed by atoms with E-state index in [1.165, 1.54) is 16.9 Å². The van der Waals surface area contributed by atoms with Crippen molar-refractivity contribution in [2.45, 2.75) is 26.3 Å². The van der Waals surface area contributed by atoms with Crippen molar-refractivity contribution in [2.75, 3.05) is 0 Å². The van der Waals surface area contributed by atoms with Crippen LogP contribution in [0, 0.1) is 0 Å². The molecule has 0 radical (unpaired) electrons. The molecule has 7 heteroatoms. The van der Waals surface area contributed by atoms with Crippen molar-refractivity contribution in [1.82, 2.24) is 25.1 Å². The molecule has 1 amide bonds. The van der Waals surface area contributed by atoms with Crippen LogP contribution in [-0.2, 0) is 6.54 Å². The molecule has 3 aromatic heterocycles. The van der Waals surface area contributed by atoms with Gasteiger partial charge in [0.2, 0.25) is 0 Å². The fourth-order valence-corrected chi connectivity index (χ4v) is 3.76. The number of nitrogens with zero attached hydrogens (tertiary/aromatic N) is 4. The summed E-state index contributed by atoms with van der Waals surface area (Å²) in [5.74, 6) is 0.976. The second kappa shape index (κ2) is 8.36. The van der Waals surface area contributed by atoms with Crippen LogP contribution in [0.2, 0.25) is 0 Å². The number of thiazole rings is 1. The summed E-state index contributed by atoms with van der Waals surface area (Å²) in [7, 11) is 0. The van der Waals surface area contributed by atoms with E-state index in [2.05, 4.69) is 58.5 Å². The van der Waals surface area contributed by atoms with Crippen molar-refractivity contribution in [3.05, 3.63) is 83.3 Å². The van der Waals surface area contributed by atoms with Crippen molar-refractivity contribution in [2.24, 2.45) is 0 Å². The molecule has 4 rings (SSSR count). The fraction of sp³-hybridized carbons (Fsp3) is 0.182. The number of benzene rings is 1. The van der Waals surface area contributed by atoms with E-state index in [1.54, 1.807) is 22.5 Å². The molecule has 4 aromatic rings. The Balaban J connectivity index is 1.45. The first-order chi connectivity index (χ1) is 14.1. The molecule has 146 valence electrons. The van der Waals surface area contributed by atoms with Crippen LogP contribution < -0.4 is 5.32 Å². The molecule has 0 bridgehead atoms. The van der Waals surface area contributed by atoms with Crippen LogP contribution >= 0.6 is 11.3 Å². The first-order valence-electron chi connectivity index (χ1n) is 9.40. The first kappa shape index (κ1) is 19.0. The smallest absolute Gasteiger partial charge is 0.271 e. The number of carbonyl (C=O) groups is 1. The van der Waals surface area contributed by atoms with Gasteiger partial charge in [-0.1, -0.05) is 44.2 Å². The van der Waals surface area contributed by atoms with E-state index in [1.807, 2.05) is 24.4 Å². The van der Waals surface area contributed by atoms with Gasteiger partial charge >= 0.3 is 0 Å². The van der Waals surface area contributed by atoms with Crippen LogP contribution in [0.15, 0.2) is 66.4 Å². The minimum absolute atomic E-state index is 0.207. The SMILES string of the molecule is CC(C)c1ccc(-c2nc(C(=O)NCc3cccnc3-n3cccn3)cs2)cc1. The zero-order valence-electron chi connectivity index (χ0n) is 16.2. The van der Waals surface area contributed by atoms with Gasteiger partial charge in [0, 0.05) is 41.6 Å². The molecule has 29 heavy (non-hydrogen) atoms. The lowest BCUT2D eigenvalue weighted by Gasteiger charge is -2.09. The minimum Gasteiger partial charge on any atom is -0.346 e.